The van der Waals surface area contributed by atoms with Crippen LogP contribution in [0.2, 0.25) is 0 Å². The van der Waals surface area contributed by atoms with Crippen molar-refractivity contribution in [2.24, 2.45) is 5.92 Å². The van der Waals surface area contributed by atoms with Crippen molar-refractivity contribution in [2.75, 3.05) is 32.8 Å². The second-order valence-electron chi connectivity index (χ2n) is 7.59. The number of rotatable bonds is 8. The van der Waals surface area contributed by atoms with Crippen LogP contribution in [-0.4, -0.2) is 49.3 Å². The van der Waals surface area contributed by atoms with Gasteiger partial charge in [-0.25, -0.2) is 0 Å². The summed E-state index contributed by atoms with van der Waals surface area (Å²) in [5.41, 5.74) is 0.427. The van der Waals surface area contributed by atoms with Gasteiger partial charge in [0.2, 0.25) is 0 Å². The molecule has 2 aliphatic rings. The molecule has 0 aromatic heterocycles. The lowest BCUT2D eigenvalue weighted by Crippen LogP contribution is -2.63. The maximum Gasteiger partial charge on any atom is 0.0593 e. The van der Waals surface area contributed by atoms with Gasteiger partial charge in [-0.1, -0.05) is 40.0 Å². The van der Waals surface area contributed by atoms with E-state index < -0.39 is 0 Å². The van der Waals surface area contributed by atoms with Crippen LogP contribution in [0.1, 0.15) is 65.7 Å². The summed E-state index contributed by atoms with van der Waals surface area (Å²) in [5, 5.41) is 3.91. The van der Waals surface area contributed by atoms with E-state index in [2.05, 4.69) is 31.0 Å². The van der Waals surface area contributed by atoms with Crippen LogP contribution in [0, 0.1) is 5.92 Å². The van der Waals surface area contributed by atoms with E-state index in [9.17, 15) is 0 Å². The van der Waals surface area contributed by atoms with Gasteiger partial charge in [-0.3, -0.25) is 4.90 Å². The average molecular weight is 296 g/mol. The van der Waals surface area contributed by atoms with Gasteiger partial charge in [0.1, 0.15) is 0 Å². The number of unbranched alkanes of at least 4 members (excludes halogenated alkanes) is 1. The molecular formula is C18H36N2O. The molecule has 1 aliphatic carbocycles. The largest absolute Gasteiger partial charge is 0.380 e. The summed E-state index contributed by atoms with van der Waals surface area (Å²) in [6.07, 6.45) is 9.28. The van der Waals surface area contributed by atoms with Crippen LogP contribution < -0.4 is 5.32 Å². The number of ether oxygens (including phenoxy) is 1. The molecule has 0 aromatic carbocycles. The number of hydrogen-bond donors (Lipinski definition) is 1. The molecule has 124 valence electrons. The highest BCUT2D eigenvalue weighted by molar-refractivity contribution is 5.01. The molecule has 3 heteroatoms. The van der Waals surface area contributed by atoms with E-state index in [-0.39, 0.29) is 0 Å². The molecule has 21 heavy (non-hydrogen) atoms. The molecule has 1 heterocycles. The Morgan fingerprint density at radius 3 is 2.67 bits per heavy atom. The molecule has 0 amide bonds. The van der Waals surface area contributed by atoms with E-state index in [1.165, 1.54) is 58.0 Å². The smallest absolute Gasteiger partial charge is 0.0593 e. The maximum absolute atomic E-state index is 5.82. The summed E-state index contributed by atoms with van der Waals surface area (Å²) in [6, 6.07) is 0.700. The SMILES string of the molecule is CCCCOCCN1CC2(CCCC2)NCC1CC(C)C. The van der Waals surface area contributed by atoms with Gasteiger partial charge in [0.05, 0.1) is 6.61 Å². The summed E-state index contributed by atoms with van der Waals surface area (Å²) in [7, 11) is 0. The first-order valence-electron chi connectivity index (χ1n) is 9.22. The molecule has 1 aliphatic heterocycles. The zero-order chi connectivity index (χ0) is 15.1. The van der Waals surface area contributed by atoms with Crippen molar-refractivity contribution in [3.05, 3.63) is 0 Å². The van der Waals surface area contributed by atoms with Crippen molar-refractivity contribution in [2.45, 2.75) is 77.3 Å². The van der Waals surface area contributed by atoms with Crippen LogP contribution in [0.4, 0.5) is 0 Å². The van der Waals surface area contributed by atoms with Gasteiger partial charge in [-0.15, -0.1) is 0 Å². The second-order valence-corrected chi connectivity index (χ2v) is 7.59. The summed E-state index contributed by atoms with van der Waals surface area (Å²) < 4.78 is 5.82. The first kappa shape index (κ1) is 17.2. The van der Waals surface area contributed by atoms with Crippen LogP contribution in [0.25, 0.3) is 0 Å². The van der Waals surface area contributed by atoms with Crippen LogP contribution in [0.5, 0.6) is 0 Å². The van der Waals surface area contributed by atoms with Gasteiger partial charge < -0.3 is 10.1 Å². The van der Waals surface area contributed by atoms with E-state index in [1.54, 1.807) is 0 Å². The number of piperazine rings is 1. The lowest BCUT2D eigenvalue weighted by Gasteiger charge is -2.47. The molecule has 0 aromatic rings. The summed E-state index contributed by atoms with van der Waals surface area (Å²) in [4.78, 5) is 2.73. The van der Waals surface area contributed by atoms with E-state index >= 15 is 0 Å². The molecule has 1 atom stereocenters. The van der Waals surface area contributed by atoms with Crippen molar-refractivity contribution in [3.63, 3.8) is 0 Å². The number of nitrogens with one attached hydrogen (secondary N) is 1. The number of nitrogens with zero attached hydrogens (tertiary/aromatic N) is 1. The zero-order valence-corrected chi connectivity index (χ0v) is 14.5. The van der Waals surface area contributed by atoms with Crippen LogP contribution in [0.15, 0.2) is 0 Å². The highest BCUT2D eigenvalue weighted by Crippen LogP contribution is 2.34. The van der Waals surface area contributed by atoms with Crippen molar-refractivity contribution in [3.8, 4) is 0 Å². The molecule has 1 N–H and O–H groups in total. The van der Waals surface area contributed by atoms with Gasteiger partial charge in [0, 0.05) is 37.8 Å². The average Bonchev–Trinajstić information content (AvgIpc) is 2.89. The van der Waals surface area contributed by atoms with Crippen molar-refractivity contribution in [1.82, 2.24) is 10.2 Å². The Balaban J connectivity index is 1.83. The Hall–Kier alpha value is -0.120. The highest BCUT2D eigenvalue weighted by atomic mass is 16.5. The molecule has 1 unspecified atom stereocenters. The normalized spacial score (nSPS) is 26.0. The topological polar surface area (TPSA) is 24.5 Å². The molecule has 2 fully saturated rings. The minimum atomic E-state index is 0.427. The predicted octanol–water partition coefficient (Wildman–Crippen LogP) is 3.44. The third kappa shape index (κ3) is 5.22. The van der Waals surface area contributed by atoms with Gasteiger partial charge in [-0.2, -0.15) is 0 Å². The fourth-order valence-electron chi connectivity index (χ4n) is 3.99. The van der Waals surface area contributed by atoms with Gasteiger partial charge in [0.25, 0.3) is 0 Å². The molecule has 1 spiro atoms. The first-order valence-corrected chi connectivity index (χ1v) is 9.22. The van der Waals surface area contributed by atoms with Crippen molar-refractivity contribution < 1.29 is 4.74 Å². The number of hydrogen-bond acceptors (Lipinski definition) is 3. The van der Waals surface area contributed by atoms with Crippen molar-refractivity contribution >= 4 is 0 Å². The van der Waals surface area contributed by atoms with Gasteiger partial charge >= 0.3 is 0 Å². The molecule has 1 saturated carbocycles. The fourth-order valence-corrected chi connectivity index (χ4v) is 3.99. The molecule has 0 radical (unpaired) electrons. The minimum Gasteiger partial charge on any atom is -0.380 e. The summed E-state index contributed by atoms with van der Waals surface area (Å²) in [5.74, 6) is 0.776. The molecular weight excluding hydrogens is 260 g/mol. The standard InChI is InChI=1S/C18H36N2O/c1-4-5-11-21-12-10-20-15-18(8-6-7-9-18)19-14-17(20)13-16(2)3/h16-17,19H,4-15H2,1-3H3. The summed E-state index contributed by atoms with van der Waals surface area (Å²) in [6.45, 7) is 12.3. The van der Waals surface area contributed by atoms with E-state index in [0.717, 1.165) is 25.7 Å². The van der Waals surface area contributed by atoms with E-state index in [4.69, 9.17) is 4.74 Å². The Kier molecular flexibility index (Phi) is 6.97. The molecule has 2 rings (SSSR count). The third-order valence-electron chi connectivity index (χ3n) is 5.20. The van der Waals surface area contributed by atoms with Crippen LogP contribution in [-0.2, 0) is 4.74 Å². The zero-order valence-electron chi connectivity index (χ0n) is 14.5. The third-order valence-corrected chi connectivity index (χ3v) is 5.20. The Bertz CT molecular complexity index is 287. The predicted molar refractivity (Wildman–Crippen MR) is 89.7 cm³/mol. The van der Waals surface area contributed by atoms with Crippen molar-refractivity contribution in [1.29, 1.82) is 0 Å². The monoisotopic (exact) mass is 296 g/mol. The fraction of sp³-hybridized carbons (Fsp3) is 1.00. The van der Waals surface area contributed by atoms with Crippen LogP contribution >= 0.6 is 0 Å². The Morgan fingerprint density at radius 2 is 2.00 bits per heavy atom. The highest BCUT2D eigenvalue weighted by Gasteiger charge is 2.40. The molecule has 3 nitrogen and oxygen atoms in total. The Labute approximate surface area is 131 Å². The lowest BCUT2D eigenvalue weighted by molar-refractivity contribution is 0.0342. The van der Waals surface area contributed by atoms with E-state index in [0.29, 0.717) is 11.6 Å². The Morgan fingerprint density at radius 1 is 1.24 bits per heavy atom. The van der Waals surface area contributed by atoms with Crippen LogP contribution in [0.3, 0.4) is 0 Å². The molecule has 0 bridgehead atoms. The van der Waals surface area contributed by atoms with E-state index in [1.807, 2.05) is 0 Å². The maximum atomic E-state index is 5.82. The molecule has 1 saturated heterocycles. The summed E-state index contributed by atoms with van der Waals surface area (Å²) >= 11 is 0. The lowest BCUT2D eigenvalue weighted by atomic mass is 9.90. The second kappa shape index (κ2) is 8.50. The quantitative estimate of drug-likeness (QED) is 0.695. The first-order chi connectivity index (χ1) is 10.2. The van der Waals surface area contributed by atoms with Gasteiger partial charge in [0.15, 0.2) is 0 Å². The minimum absolute atomic E-state index is 0.427. The van der Waals surface area contributed by atoms with Gasteiger partial charge in [-0.05, 0) is 31.6 Å².